The Hall–Kier alpha value is -3.91. The van der Waals surface area contributed by atoms with Gasteiger partial charge in [0.25, 0.3) is 5.91 Å². The van der Waals surface area contributed by atoms with Crippen LogP contribution in [0, 0.1) is 0 Å². The van der Waals surface area contributed by atoms with Gasteiger partial charge in [-0.15, -0.1) is 0 Å². The van der Waals surface area contributed by atoms with Crippen molar-refractivity contribution in [1.82, 2.24) is 24.9 Å². The van der Waals surface area contributed by atoms with E-state index in [4.69, 9.17) is 5.73 Å². The van der Waals surface area contributed by atoms with Crippen LogP contribution in [0.2, 0.25) is 0 Å². The Bertz CT molecular complexity index is 1320. The highest BCUT2D eigenvalue weighted by Crippen LogP contribution is 2.26. The van der Waals surface area contributed by atoms with Crippen molar-refractivity contribution in [2.45, 2.75) is 13.0 Å². The van der Waals surface area contributed by atoms with Crippen molar-refractivity contribution < 1.29 is 4.79 Å². The summed E-state index contributed by atoms with van der Waals surface area (Å²) in [5, 5.41) is 15.3. The van der Waals surface area contributed by atoms with E-state index in [0.29, 0.717) is 23.6 Å². The van der Waals surface area contributed by atoms with E-state index in [2.05, 4.69) is 50.8 Å². The topological polar surface area (TPSA) is 105 Å². The molecule has 2 aromatic heterocycles. The van der Waals surface area contributed by atoms with Gasteiger partial charge in [0, 0.05) is 30.4 Å². The van der Waals surface area contributed by atoms with E-state index in [1.165, 1.54) is 11.1 Å². The molecule has 1 amide bonds. The maximum Gasteiger partial charge on any atom is 0.276 e. The van der Waals surface area contributed by atoms with E-state index >= 15 is 0 Å². The molecule has 0 atom stereocenters. The van der Waals surface area contributed by atoms with Crippen molar-refractivity contribution in [2.24, 2.45) is 0 Å². The zero-order valence-corrected chi connectivity index (χ0v) is 17.9. The zero-order chi connectivity index (χ0) is 22.1. The third kappa shape index (κ3) is 4.13. The lowest BCUT2D eigenvalue weighted by molar-refractivity contribution is 0.102. The Morgan fingerprint density at radius 2 is 2.16 bits per heavy atom. The van der Waals surface area contributed by atoms with E-state index in [9.17, 15) is 4.79 Å². The number of likely N-dealkylation sites (N-methyl/N-ethyl adjacent to an activating group) is 1. The average Bonchev–Trinajstić information content (AvgIpc) is 3.40. The Morgan fingerprint density at radius 3 is 2.97 bits per heavy atom. The van der Waals surface area contributed by atoms with Gasteiger partial charge in [-0.25, -0.2) is 0 Å². The lowest BCUT2D eigenvalue weighted by Crippen LogP contribution is -2.23. The molecule has 5 rings (SSSR count). The third-order valence-electron chi connectivity index (χ3n) is 5.75. The predicted octanol–water partition coefficient (Wildman–Crippen LogP) is 3.36. The number of nitrogens with zero attached hydrogens (tertiary/aromatic N) is 4. The summed E-state index contributed by atoms with van der Waals surface area (Å²) in [4.78, 5) is 15.1. The van der Waals surface area contributed by atoms with Gasteiger partial charge < -0.3 is 16.0 Å². The zero-order valence-electron chi connectivity index (χ0n) is 17.9. The maximum absolute atomic E-state index is 12.9. The summed E-state index contributed by atoms with van der Waals surface area (Å²) in [5.41, 5.74) is 11.9. The standard InChI is InChI=1S/C24H25N7O/c1-30-9-7-17(8-10-30)18-5-6-21-22(12-18)28-29-23(21)24(32)27-20-13-26-31(15-20)14-16-3-2-4-19(25)11-16/h2-7,11-13,15H,8-10,14,25H2,1H3,(H,27,32)(H,28,29). The number of nitrogen functional groups attached to an aromatic ring is 1. The second-order valence-corrected chi connectivity index (χ2v) is 8.20. The highest BCUT2D eigenvalue weighted by Gasteiger charge is 2.17. The predicted molar refractivity (Wildman–Crippen MR) is 126 cm³/mol. The van der Waals surface area contributed by atoms with Crippen molar-refractivity contribution in [2.75, 3.05) is 31.2 Å². The van der Waals surface area contributed by atoms with Gasteiger partial charge in [0.2, 0.25) is 0 Å². The quantitative estimate of drug-likeness (QED) is 0.424. The highest BCUT2D eigenvalue weighted by molar-refractivity contribution is 6.11. The van der Waals surface area contributed by atoms with Crippen LogP contribution in [0.1, 0.15) is 28.0 Å². The summed E-state index contributed by atoms with van der Waals surface area (Å²) < 4.78 is 1.76. The van der Waals surface area contributed by atoms with Crippen LogP contribution in [0.5, 0.6) is 0 Å². The minimum Gasteiger partial charge on any atom is -0.399 e. The molecule has 8 heteroatoms. The summed E-state index contributed by atoms with van der Waals surface area (Å²) in [6.45, 7) is 2.57. The number of fused-ring (bicyclic) bond motifs is 1. The molecule has 162 valence electrons. The fraction of sp³-hybridized carbons (Fsp3) is 0.208. The Morgan fingerprint density at radius 1 is 1.25 bits per heavy atom. The number of nitrogens with two attached hydrogens (primary N) is 1. The molecule has 0 unspecified atom stereocenters. The number of hydrogen-bond donors (Lipinski definition) is 3. The number of benzene rings is 2. The van der Waals surface area contributed by atoms with Gasteiger partial charge in [-0.3, -0.25) is 14.6 Å². The highest BCUT2D eigenvalue weighted by atomic mass is 16.2. The van der Waals surface area contributed by atoms with Crippen LogP contribution < -0.4 is 11.1 Å². The first kappa shape index (κ1) is 20.0. The molecule has 4 aromatic rings. The van der Waals surface area contributed by atoms with Crippen molar-refractivity contribution in [3.05, 3.63) is 77.8 Å². The molecular formula is C24H25N7O. The number of rotatable bonds is 5. The van der Waals surface area contributed by atoms with E-state index < -0.39 is 0 Å². The molecule has 0 fully saturated rings. The molecular weight excluding hydrogens is 402 g/mol. The van der Waals surface area contributed by atoms with Gasteiger partial charge in [0.15, 0.2) is 5.69 Å². The molecule has 0 radical (unpaired) electrons. The van der Waals surface area contributed by atoms with Crippen LogP contribution in [0.4, 0.5) is 11.4 Å². The van der Waals surface area contributed by atoms with Crippen LogP contribution in [0.25, 0.3) is 16.5 Å². The van der Waals surface area contributed by atoms with Gasteiger partial charge in [-0.1, -0.05) is 24.3 Å². The number of hydrogen-bond acceptors (Lipinski definition) is 5. The van der Waals surface area contributed by atoms with Crippen molar-refractivity contribution in [3.63, 3.8) is 0 Å². The molecule has 32 heavy (non-hydrogen) atoms. The lowest BCUT2D eigenvalue weighted by atomic mass is 9.98. The molecule has 3 heterocycles. The molecule has 2 aromatic carbocycles. The van der Waals surface area contributed by atoms with E-state index in [0.717, 1.165) is 36.0 Å². The normalized spacial score (nSPS) is 14.5. The minimum absolute atomic E-state index is 0.272. The summed E-state index contributed by atoms with van der Waals surface area (Å²) in [7, 11) is 2.12. The van der Waals surface area contributed by atoms with Crippen LogP contribution >= 0.6 is 0 Å². The number of aromatic nitrogens is 4. The monoisotopic (exact) mass is 427 g/mol. The SMILES string of the molecule is CN1CC=C(c2ccc3c(C(=O)Nc4cnn(Cc5cccc(N)c5)c4)n[nH]c3c2)CC1. The van der Waals surface area contributed by atoms with Crippen molar-refractivity contribution >= 4 is 33.8 Å². The number of carbonyl (C=O) groups excluding carboxylic acids is 1. The first-order valence-electron chi connectivity index (χ1n) is 10.6. The first-order valence-corrected chi connectivity index (χ1v) is 10.6. The fourth-order valence-corrected chi connectivity index (χ4v) is 4.01. The molecule has 8 nitrogen and oxygen atoms in total. The Balaban J connectivity index is 1.30. The fourth-order valence-electron chi connectivity index (χ4n) is 4.01. The van der Waals surface area contributed by atoms with Gasteiger partial charge in [0.1, 0.15) is 0 Å². The Kier molecular flexibility index (Phi) is 5.20. The largest absolute Gasteiger partial charge is 0.399 e. The van der Waals surface area contributed by atoms with E-state index in [1.807, 2.05) is 30.3 Å². The first-order chi connectivity index (χ1) is 15.5. The third-order valence-corrected chi connectivity index (χ3v) is 5.75. The van der Waals surface area contributed by atoms with Gasteiger partial charge in [-0.05, 0) is 54.4 Å². The summed E-state index contributed by atoms with van der Waals surface area (Å²) in [5.74, 6) is -0.272. The minimum atomic E-state index is -0.272. The van der Waals surface area contributed by atoms with Gasteiger partial charge >= 0.3 is 0 Å². The summed E-state index contributed by atoms with van der Waals surface area (Å²) in [6.07, 6.45) is 6.70. The maximum atomic E-state index is 12.9. The van der Waals surface area contributed by atoms with Crippen molar-refractivity contribution in [3.8, 4) is 0 Å². The van der Waals surface area contributed by atoms with Crippen molar-refractivity contribution in [1.29, 1.82) is 0 Å². The van der Waals surface area contributed by atoms with Gasteiger partial charge in [-0.2, -0.15) is 10.2 Å². The second-order valence-electron chi connectivity index (χ2n) is 8.20. The average molecular weight is 428 g/mol. The molecule has 1 aliphatic rings. The lowest BCUT2D eigenvalue weighted by Gasteiger charge is -2.22. The summed E-state index contributed by atoms with van der Waals surface area (Å²) >= 11 is 0. The molecule has 0 saturated heterocycles. The number of carbonyl (C=O) groups is 1. The molecule has 0 spiro atoms. The smallest absolute Gasteiger partial charge is 0.276 e. The number of amides is 1. The number of H-pyrrole nitrogens is 1. The van der Waals surface area contributed by atoms with Crippen LogP contribution in [-0.2, 0) is 6.54 Å². The molecule has 0 saturated carbocycles. The number of anilines is 2. The summed E-state index contributed by atoms with van der Waals surface area (Å²) in [6, 6.07) is 13.8. The Labute approximate surface area is 185 Å². The number of nitrogens with one attached hydrogen (secondary N) is 2. The van der Waals surface area contributed by atoms with E-state index in [-0.39, 0.29) is 5.91 Å². The van der Waals surface area contributed by atoms with Gasteiger partial charge in [0.05, 0.1) is 23.9 Å². The van der Waals surface area contributed by atoms with Crippen LogP contribution in [0.15, 0.2) is 60.9 Å². The molecule has 1 aliphatic heterocycles. The molecule has 0 aliphatic carbocycles. The molecule has 0 bridgehead atoms. The van der Waals surface area contributed by atoms with E-state index in [1.54, 1.807) is 17.1 Å². The van der Waals surface area contributed by atoms with Crippen LogP contribution in [0.3, 0.4) is 0 Å². The number of aromatic amines is 1. The molecule has 4 N–H and O–H groups in total. The van der Waals surface area contributed by atoms with Crippen LogP contribution in [-0.4, -0.2) is 50.9 Å². The second kappa shape index (κ2) is 8.32.